The lowest BCUT2D eigenvalue weighted by Crippen LogP contribution is -2.53. The fraction of sp³-hybridized carbons (Fsp3) is 0.500. The van der Waals surface area contributed by atoms with E-state index in [0.717, 1.165) is 26.1 Å². The minimum Gasteiger partial charge on any atom is -0.365 e. The van der Waals surface area contributed by atoms with Crippen LogP contribution in [0.1, 0.15) is 19.0 Å². The number of nitrogens with zero attached hydrogens (tertiary/aromatic N) is 4. The van der Waals surface area contributed by atoms with Gasteiger partial charge in [0.2, 0.25) is 11.9 Å². The summed E-state index contributed by atoms with van der Waals surface area (Å²) in [6.45, 7) is 7.79. The van der Waals surface area contributed by atoms with Crippen LogP contribution in [0.5, 0.6) is 0 Å². The molecule has 2 unspecified atom stereocenters. The molecule has 4 N–H and O–H groups in total. The van der Waals surface area contributed by atoms with E-state index in [0.29, 0.717) is 40.3 Å². The van der Waals surface area contributed by atoms with Crippen LogP contribution in [-0.4, -0.2) is 84.6 Å². The third kappa shape index (κ3) is 8.19. The molecule has 1 fully saturated rings. The van der Waals surface area contributed by atoms with Crippen molar-refractivity contribution in [3.8, 4) is 0 Å². The molecular weight excluding hydrogens is 503 g/mol. The van der Waals surface area contributed by atoms with Gasteiger partial charge < -0.3 is 25.8 Å². The van der Waals surface area contributed by atoms with E-state index >= 15 is 0 Å². The minimum absolute atomic E-state index is 0.0373. The number of likely N-dealkylation sites (N-methyl/N-ethyl adjacent to an activating group) is 2. The Morgan fingerprint density at radius 2 is 1.92 bits per heavy atom. The number of hydrogen-bond donors (Lipinski definition) is 4. The molecule has 0 radical (unpaired) electrons. The Kier molecular flexibility index (Phi) is 10.1. The Bertz CT molecular complexity index is 1070. The molecule has 3 amide bonds. The normalized spacial score (nSPS) is 18.1. The highest BCUT2D eigenvalue weighted by molar-refractivity contribution is 6.42. The Morgan fingerprint density at radius 3 is 2.61 bits per heavy atom. The van der Waals surface area contributed by atoms with Crippen molar-refractivity contribution < 1.29 is 9.59 Å². The van der Waals surface area contributed by atoms with Crippen molar-refractivity contribution in [1.82, 2.24) is 25.1 Å². The van der Waals surface area contributed by atoms with Gasteiger partial charge in [-0.25, -0.2) is 9.78 Å². The Morgan fingerprint density at radius 1 is 1.14 bits per heavy atom. The van der Waals surface area contributed by atoms with E-state index in [4.69, 9.17) is 23.2 Å². The average molecular weight is 537 g/mol. The molecule has 196 valence electrons. The van der Waals surface area contributed by atoms with E-state index in [1.165, 1.54) is 0 Å². The lowest BCUT2D eigenvalue weighted by Gasteiger charge is -2.38. The van der Waals surface area contributed by atoms with Crippen molar-refractivity contribution >= 4 is 52.6 Å². The molecule has 1 aliphatic rings. The summed E-state index contributed by atoms with van der Waals surface area (Å²) in [5.41, 5.74) is 1.16. The number of benzene rings is 1. The second-order valence-electron chi connectivity index (χ2n) is 9.06. The van der Waals surface area contributed by atoms with Crippen molar-refractivity contribution in [3.05, 3.63) is 40.0 Å². The van der Waals surface area contributed by atoms with Crippen LogP contribution in [0.2, 0.25) is 10.0 Å². The monoisotopic (exact) mass is 536 g/mol. The summed E-state index contributed by atoms with van der Waals surface area (Å²) in [6.07, 6.45) is 0.751. The number of likely N-dealkylation sites (tertiary alicyclic amines) is 1. The van der Waals surface area contributed by atoms with Crippen LogP contribution in [0.4, 0.5) is 22.2 Å². The van der Waals surface area contributed by atoms with Crippen LogP contribution in [0.15, 0.2) is 24.3 Å². The predicted octanol–water partition coefficient (Wildman–Crippen LogP) is 3.54. The number of carbonyl (C=O) groups excluding carboxylic acids is 2. The lowest BCUT2D eigenvalue weighted by molar-refractivity contribution is -0.126. The van der Waals surface area contributed by atoms with Crippen LogP contribution in [0.3, 0.4) is 0 Å². The van der Waals surface area contributed by atoms with Crippen molar-refractivity contribution in [3.63, 3.8) is 0 Å². The molecule has 36 heavy (non-hydrogen) atoms. The van der Waals surface area contributed by atoms with Crippen molar-refractivity contribution in [2.45, 2.75) is 26.3 Å². The van der Waals surface area contributed by atoms with E-state index in [1.807, 2.05) is 25.9 Å². The van der Waals surface area contributed by atoms with Crippen molar-refractivity contribution in [1.29, 1.82) is 0 Å². The average Bonchev–Trinajstić information content (AvgIpc) is 2.80. The Labute approximate surface area is 222 Å². The number of anilines is 3. The van der Waals surface area contributed by atoms with Gasteiger partial charge in [-0.3, -0.25) is 10.1 Å². The summed E-state index contributed by atoms with van der Waals surface area (Å²) in [5, 5.41) is 12.6. The fourth-order valence-corrected chi connectivity index (χ4v) is 4.32. The third-order valence-corrected chi connectivity index (χ3v) is 6.67. The van der Waals surface area contributed by atoms with E-state index < -0.39 is 6.03 Å². The molecule has 1 saturated heterocycles. The van der Waals surface area contributed by atoms with Gasteiger partial charge in [0, 0.05) is 37.1 Å². The van der Waals surface area contributed by atoms with Gasteiger partial charge in [-0.1, -0.05) is 30.1 Å². The summed E-state index contributed by atoms with van der Waals surface area (Å²) in [5.74, 6) is 0.529. The molecule has 1 aromatic heterocycles. The zero-order valence-electron chi connectivity index (χ0n) is 21.1. The first-order valence-corrected chi connectivity index (χ1v) is 12.7. The number of amides is 3. The highest BCUT2D eigenvalue weighted by Gasteiger charge is 2.34. The number of carbonyl (C=O) groups is 2. The van der Waals surface area contributed by atoms with Gasteiger partial charge in [-0.05, 0) is 58.7 Å². The molecular formula is C24H34Cl2N8O2. The number of halogens is 2. The standard InChI is InChI=1S/C24H34Cl2N8O2/c1-5-34-10-8-17(22(35)27-9-11-33(3)4)20(14-34)30-21-12-15(2)28-23(31-21)32-24(36)29-16-6-7-18(25)19(26)13-16/h6-7,12-13,17,20H,5,8-11,14H2,1-4H3,(H,27,35)(H3,28,29,30,31,32,36). The zero-order chi connectivity index (χ0) is 26.2. The topological polar surface area (TPSA) is 115 Å². The molecule has 2 atom stereocenters. The van der Waals surface area contributed by atoms with E-state index in [2.05, 4.69) is 43.1 Å². The van der Waals surface area contributed by atoms with E-state index in [1.54, 1.807) is 24.3 Å². The molecule has 0 aliphatic carbocycles. The largest absolute Gasteiger partial charge is 0.365 e. The van der Waals surface area contributed by atoms with Gasteiger partial charge in [-0.15, -0.1) is 0 Å². The zero-order valence-corrected chi connectivity index (χ0v) is 22.6. The maximum Gasteiger partial charge on any atom is 0.326 e. The maximum absolute atomic E-state index is 13.0. The van der Waals surface area contributed by atoms with Crippen LogP contribution in [0.25, 0.3) is 0 Å². The molecule has 1 aromatic carbocycles. The van der Waals surface area contributed by atoms with Crippen molar-refractivity contribution in [2.75, 3.05) is 62.8 Å². The van der Waals surface area contributed by atoms with Crippen LogP contribution < -0.4 is 21.3 Å². The highest BCUT2D eigenvalue weighted by Crippen LogP contribution is 2.25. The second-order valence-corrected chi connectivity index (χ2v) is 9.87. The number of hydrogen-bond acceptors (Lipinski definition) is 7. The SMILES string of the molecule is CCN1CCC(C(=O)NCCN(C)C)C(Nc2cc(C)nc(NC(=O)Nc3ccc(Cl)c(Cl)c3)n2)C1. The molecule has 10 nitrogen and oxygen atoms in total. The first-order chi connectivity index (χ1) is 17.1. The Balaban J connectivity index is 1.69. The van der Waals surface area contributed by atoms with Gasteiger partial charge in [0.25, 0.3) is 0 Å². The summed E-state index contributed by atoms with van der Waals surface area (Å²) in [4.78, 5) is 38.6. The molecule has 0 saturated carbocycles. The van der Waals surface area contributed by atoms with Gasteiger partial charge in [0.1, 0.15) is 5.82 Å². The number of aryl methyl sites for hydroxylation is 1. The van der Waals surface area contributed by atoms with Crippen LogP contribution in [0, 0.1) is 12.8 Å². The first kappa shape index (κ1) is 27.9. The van der Waals surface area contributed by atoms with E-state index in [9.17, 15) is 9.59 Å². The summed E-state index contributed by atoms with van der Waals surface area (Å²) >= 11 is 11.9. The summed E-state index contributed by atoms with van der Waals surface area (Å²) < 4.78 is 0. The quantitative estimate of drug-likeness (QED) is 0.387. The number of urea groups is 1. The van der Waals surface area contributed by atoms with Gasteiger partial charge >= 0.3 is 6.03 Å². The molecule has 2 aromatic rings. The third-order valence-electron chi connectivity index (χ3n) is 5.93. The number of piperidine rings is 1. The van der Waals surface area contributed by atoms with Crippen LogP contribution >= 0.6 is 23.2 Å². The number of nitrogens with one attached hydrogen (secondary N) is 4. The molecule has 12 heteroatoms. The van der Waals surface area contributed by atoms with Crippen molar-refractivity contribution in [2.24, 2.45) is 5.92 Å². The predicted molar refractivity (Wildman–Crippen MR) is 145 cm³/mol. The lowest BCUT2D eigenvalue weighted by atomic mass is 9.90. The maximum atomic E-state index is 13.0. The fourth-order valence-electron chi connectivity index (χ4n) is 4.03. The smallest absolute Gasteiger partial charge is 0.326 e. The van der Waals surface area contributed by atoms with Crippen LogP contribution in [-0.2, 0) is 4.79 Å². The minimum atomic E-state index is -0.516. The van der Waals surface area contributed by atoms with Gasteiger partial charge in [0.05, 0.1) is 22.0 Å². The number of aromatic nitrogens is 2. The Hall–Kier alpha value is -2.66. The summed E-state index contributed by atoms with van der Waals surface area (Å²) in [7, 11) is 3.95. The van der Waals surface area contributed by atoms with Gasteiger partial charge in [-0.2, -0.15) is 4.98 Å². The molecule has 1 aliphatic heterocycles. The highest BCUT2D eigenvalue weighted by atomic mass is 35.5. The molecule has 3 rings (SSSR count). The first-order valence-electron chi connectivity index (χ1n) is 11.9. The molecule has 0 bridgehead atoms. The number of rotatable bonds is 9. The summed E-state index contributed by atoms with van der Waals surface area (Å²) in [6, 6.07) is 5.95. The van der Waals surface area contributed by atoms with Gasteiger partial charge in [0.15, 0.2) is 0 Å². The van der Waals surface area contributed by atoms with E-state index in [-0.39, 0.29) is 23.8 Å². The second kappa shape index (κ2) is 13.0. The molecule has 2 heterocycles. The molecule has 0 spiro atoms.